The SMILES string of the molecule is CCOC(=O)c1coc(N2CCCCC2C2CCCN2)n1. The summed E-state index contributed by atoms with van der Waals surface area (Å²) in [6, 6.07) is 1.47. The monoisotopic (exact) mass is 293 g/mol. The second-order valence-electron chi connectivity index (χ2n) is 5.70. The van der Waals surface area contributed by atoms with Crippen molar-refractivity contribution in [3.63, 3.8) is 0 Å². The molecular formula is C15H23N3O3. The number of hydrogen-bond donors (Lipinski definition) is 1. The third kappa shape index (κ3) is 3.05. The van der Waals surface area contributed by atoms with Gasteiger partial charge in [-0.3, -0.25) is 0 Å². The van der Waals surface area contributed by atoms with Gasteiger partial charge in [-0.05, 0) is 45.6 Å². The van der Waals surface area contributed by atoms with Crippen molar-refractivity contribution in [3.05, 3.63) is 12.0 Å². The lowest BCUT2D eigenvalue weighted by Crippen LogP contribution is -2.50. The van der Waals surface area contributed by atoms with Gasteiger partial charge in [0.25, 0.3) is 6.01 Å². The average molecular weight is 293 g/mol. The molecule has 0 spiro atoms. The number of piperidine rings is 1. The highest BCUT2D eigenvalue weighted by molar-refractivity contribution is 5.87. The molecule has 1 aromatic rings. The Morgan fingerprint density at radius 3 is 3.14 bits per heavy atom. The van der Waals surface area contributed by atoms with Gasteiger partial charge in [-0.25, -0.2) is 4.79 Å². The fourth-order valence-electron chi connectivity index (χ4n) is 3.35. The number of ether oxygens (including phenoxy) is 1. The van der Waals surface area contributed by atoms with Crippen LogP contribution in [0.15, 0.2) is 10.7 Å². The minimum atomic E-state index is -0.417. The summed E-state index contributed by atoms with van der Waals surface area (Å²) in [5, 5.41) is 3.57. The number of carbonyl (C=O) groups excluding carboxylic acids is 1. The molecule has 6 nitrogen and oxygen atoms in total. The highest BCUT2D eigenvalue weighted by atomic mass is 16.5. The first kappa shape index (κ1) is 14.4. The van der Waals surface area contributed by atoms with Crippen molar-refractivity contribution in [3.8, 4) is 0 Å². The Kier molecular flexibility index (Phi) is 4.43. The standard InChI is InChI=1S/C15H23N3O3/c1-2-20-14(19)12-10-21-15(17-12)18-9-4-3-7-13(18)11-6-5-8-16-11/h10-11,13,16H,2-9H2,1H3. The fourth-order valence-corrected chi connectivity index (χ4v) is 3.35. The molecule has 0 aliphatic carbocycles. The number of anilines is 1. The Morgan fingerprint density at radius 1 is 1.48 bits per heavy atom. The number of nitrogens with zero attached hydrogens (tertiary/aromatic N) is 2. The van der Waals surface area contributed by atoms with E-state index >= 15 is 0 Å². The van der Waals surface area contributed by atoms with Crippen molar-refractivity contribution in [1.29, 1.82) is 0 Å². The van der Waals surface area contributed by atoms with Crippen LogP contribution >= 0.6 is 0 Å². The molecule has 2 saturated heterocycles. The molecule has 2 aliphatic heterocycles. The zero-order valence-corrected chi connectivity index (χ0v) is 12.5. The second kappa shape index (κ2) is 6.47. The average Bonchev–Trinajstić information content (AvgIpc) is 3.19. The Hall–Kier alpha value is -1.56. The first-order chi connectivity index (χ1) is 10.3. The summed E-state index contributed by atoms with van der Waals surface area (Å²) in [5.74, 6) is -0.417. The summed E-state index contributed by atoms with van der Waals surface area (Å²) in [7, 11) is 0. The van der Waals surface area contributed by atoms with Gasteiger partial charge < -0.3 is 19.4 Å². The minimum Gasteiger partial charge on any atom is -0.461 e. The Morgan fingerprint density at radius 2 is 2.38 bits per heavy atom. The summed E-state index contributed by atoms with van der Waals surface area (Å²) in [5.41, 5.74) is 0.260. The maximum atomic E-state index is 11.7. The van der Waals surface area contributed by atoms with Gasteiger partial charge in [0.2, 0.25) is 0 Å². The molecule has 3 heterocycles. The van der Waals surface area contributed by atoms with E-state index in [1.165, 1.54) is 25.5 Å². The van der Waals surface area contributed by atoms with Crippen LogP contribution in [0.3, 0.4) is 0 Å². The highest BCUT2D eigenvalue weighted by Crippen LogP contribution is 2.28. The van der Waals surface area contributed by atoms with Gasteiger partial charge in [0.1, 0.15) is 6.26 Å². The predicted molar refractivity (Wildman–Crippen MR) is 78.5 cm³/mol. The second-order valence-corrected chi connectivity index (χ2v) is 5.70. The van der Waals surface area contributed by atoms with E-state index in [2.05, 4.69) is 15.2 Å². The first-order valence-electron chi connectivity index (χ1n) is 7.92. The van der Waals surface area contributed by atoms with Crippen LogP contribution in [0, 0.1) is 0 Å². The third-order valence-corrected chi connectivity index (χ3v) is 4.33. The van der Waals surface area contributed by atoms with Gasteiger partial charge in [-0.2, -0.15) is 4.98 Å². The zero-order chi connectivity index (χ0) is 14.7. The van der Waals surface area contributed by atoms with Crippen LogP contribution in [0.4, 0.5) is 6.01 Å². The number of hydrogen-bond acceptors (Lipinski definition) is 6. The van der Waals surface area contributed by atoms with Gasteiger partial charge >= 0.3 is 5.97 Å². The van der Waals surface area contributed by atoms with Crippen LogP contribution in [0.25, 0.3) is 0 Å². The quantitative estimate of drug-likeness (QED) is 0.856. The summed E-state index contributed by atoms with van der Waals surface area (Å²) < 4.78 is 10.5. The first-order valence-corrected chi connectivity index (χ1v) is 7.92. The van der Waals surface area contributed by atoms with E-state index < -0.39 is 5.97 Å². The molecule has 0 radical (unpaired) electrons. The molecule has 0 bridgehead atoms. The highest BCUT2D eigenvalue weighted by Gasteiger charge is 2.34. The summed E-state index contributed by atoms with van der Waals surface area (Å²) in [6.07, 6.45) is 7.36. The largest absolute Gasteiger partial charge is 0.461 e. The minimum absolute atomic E-state index is 0.260. The van der Waals surface area contributed by atoms with Crippen LogP contribution in [0.1, 0.15) is 49.5 Å². The van der Waals surface area contributed by atoms with Gasteiger partial charge in [-0.1, -0.05) is 0 Å². The molecule has 116 valence electrons. The van der Waals surface area contributed by atoms with Crippen LogP contribution in [0.5, 0.6) is 0 Å². The van der Waals surface area contributed by atoms with Crippen molar-refractivity contribution < 1.29 is 13.9 Å². The maximum absolute atomic E-state index is 11.7. The molecule has 2 aliphatic rings. The number of nitrogens with one attached hydrogen (secondary N) is 1. The van der Waals surface area contributed by atoms with Crippen molar-refractivity contribution >= 4 is 12.0 Å². The maximum Gasteiger partial charge on any atom is 0.360 e. The van der Waals surface area contributed by atoms with E-state index in [4.69, 9.17) is 9.15 Å². The number of carbonyl (C=O) groups is 1. The molecule has 6 heteroatoms. The van der Waals surface area contributed by atoms with E-state index in [0.29, 0.717) is 24.7 Å². The van der Waals surface area contributed by atoms with Crippen LogP contribution in [0.2, 0.25) is 0 Å². The lowest BCUT2D eigenvalue weighted by Gasteiger charge is -2.38. The zero-order valence-electron chi connectivity index (χ0n) is 12.5. The molecule has 21 heavy (non-hydrogen) atoms. The molecule has 2 atom stereocenters. The Balaban J connectivity index is 1.75. The summed E-state index contributed by atoms with van der Waals surface area (Å²) in [4.78, 5) is 18.3. The van der Waals surface area contributed by atoms with E-state index in [1.807, 2.05) is 0 Å². The lowest BCUT2D eigenvalue weighted by atomic mass is 9.95. The number of oxazole rings is 1. The van der Waals surface area contributed by atoms with Crippen molar-refractivity contribution in [2.24, 2.45) is 0 Å². The summed E-state index contributed by atoms with van der Waals surface area (Å²) >= 11 is 0. The molecule has 2 fully saturated rings. The van der Waals surface area contributed by atoms with Crippen molar-refractivity contribution in [1.82, 2.24) is 10.3 Å². The van der Waals surface area contributed by atoms with Crippen LogP contribution < -0.4 is 10.2 Å². The molecular weight excluding hydrogens is 270 g/mol. The third-order valence-electron chi connectivity index (χ3n) is 4.33. The summed E-state index contributed by atoms with van der Waals surface area (Å²) in [6.45, 7) is 4.16. The van der Waals surface area contributed by atoms with Crippen molar-refractivity contribution in [2.45, 2.75) is 51.1 Å². The van der Waals surface area contributed by atoms with Gasteiger partial charge in [0, 0.05) is 18.6 Å². The van der Waals surface area contributed by atoms with Crippen molar-refractivity contribution in [2.75, 3.05) is 24.6 Å². The molecule has 3 rings (SSSR count). The molecule has 1 N–H and O–H groups in total. The van der Waals surface area contributed by atoms with E-state index in [-0.39, 0.29) is 5.69 Å². The predicted octanol–water partition coefficient (Wildman–Crippen LogP) is 1.96. The number of aromatic nitrogens is 1. The fraction of sp³-hybridized carbons (Fsp3) is 0.733. The molecule has 0 aromatic carbocycles. The molecule has 0 saturated carbocycles. The number of rotatable bonds is 4. The molecule has 0 amide bonds. The number of esters is 1. The van der Waals surface area contributed by atoms with Gasteiger partial charge in [-0.15, -0.1) is 0 Å². The Bertz CT molecular complexity index is 482. The molecule has 1 aromatic heterocycles. The van der Waals surface area contributed by atoms with Crippen LogP contribution in [-0.4, -0.2) is 42.7 Å². The normalized spacial score (nSPS) is 26.0. The lowest BCUT2D eigenvalue weighted by molar-refractivity contribution is 0.0519. The smallest absolute Gasteiger partial charge is 0.360 e. The Labute approximate surface area is 124 Å². The van der Waals surface area contributed by atoms with Gasteiger partial charge in [0.05, 0.1) is 6.61 Å². The van der Waals surface area contributed by atoms with Gasteiger partial charge in [0.15, 0.2) is 5.69 Å². The molecule has 2 unspecified atom stereocenters. The van der Waals surface area contributed by atoms with E-state index in [0.717, 1.165) is 25.9 Å². The van der Waals surface area contributed by atoms with E-state index in [9.17, 15) is 4.79 Å². The van der Waals surface area contributed by atoms with E-state index in [1.54, 1.807) is 6.92 Å². The van der Waals surface area contributed by atoms with Crippen LogP contribution in [-0.2, 0) is 4.74 Å². The topological polar surface area (TPSA) is 67.6 Å².